The van der Waals surface area contributed by atoms with Crippen LogP contribution in [0.4, 0.5) is 0 Å². The molecule has 2 aromatic heterocycles. The highest BCUT2D eigenvalue weighted by molar-refractivity contribution is 5.71. The van der Waals surface area contributed by atoms with E-state index in [4.69, 9.17) is 0 Å². The predicted octanol–water partition coefficient (Wildman–Crippen LogP) is 1.57. The van der Waals surface area contributed by atoms with E-state index in [-0.39, 0.29) is 5.92 Å². The molecule has 0 radical (unpaired) electrons. The lowest BCUT2D eigenvalue weighted by Crippen LogP contribution is -2.25. The average molecular weight is 258 g/mol. The number of aryl methyl sites for hydroxylation is 1. The number of fused-ring (bicyclic) bond motifs is 1. The van der Waals surface area contributed by atoms with Crippen LogP contribution in [0.25, 0.3) is 5.65 Å². The second-order valence-electron chi connectivity index (χ2n) is 4.81. The van der Waals surface area contributed by atoms with Gasteiger partial charge in [-0.2, -0.15) is 0 Å². The van der Waals surface area contributed by atoms with Crippen LogP contribution in [0.5, 0.6) is 0 Å². The fraction of sp³-hybridized carbons (Fsp3) is 0.385. The molecule has 0 aromatic carbocycles. The van der Waals surface area contributed by atoms with Crippen LogP contribution in [-0.2, 0) is 4.79 Å². The highest BCUT2D eigenvalue weighted by atomic mass is 16.4. The normalized spacial score (nSPS) is 22.8. The first-order valence-electron chi connectivity index (χ1n) is 6.22. The first kappa shape index (κ1) is 11.8. The van der Waals surface area contributed by atoms with Crippen LogP contribution in [0.15, 0.2) is 24.5 Å². The molecule has 1 aliphatic carbocycles. The molecule has 6 nitrogen and oxygen atoms in total. The summed E-state index contributed by atoms with van der Waals surface area (Å²) in [7, 11) is 0. The number of carboxylic acid groups (broad SMARTS) is 1. The largest absolute Gasteiger partial charge is 0.481 e. The Balaban J connectivity index is 2.08. The molecular formula is C13H14N4O2. The van der Waals surface area contributed by atoms with Crippen LogP contribution in [-0.4, -0.2) is 30.7 Å². The zero-order chi connectivity index (χ0) is 13.4. The van der Waals surface area contributed by atoms with E-state index in [0.717, 1.165) is 5.69 Å². The third-order valence-electron chi connectivity index (χ3n) is 3.54. The summed E-state index contributed by atoms with van der Waals surface area (Å²) < 4.78 is 1.78. The van der Waals surface area contributed by atoms with Gasteiger partial charge in [-0.25, -0.2) is 4.98 Å². The Morgan fingerprint density at radius 2 is 2.16 bits per heavy atom. The van der Waals surface area contributed by atoms with Gasteiger partial charge in [0.15, 0.2) is 5.65 Å². The number of hydrogen-bond acceptors (Lipinski definition) is 4. The number of aliphatic carboxylic acids is 1. The predicted molar refractivity (Wildman–Crippen MR) is 67.8 cm³/mol. The highest BCUT2D eigenvalue weighted by Gasteiger charge is 2.33. The summed E-state index contributed by atoms with van der Waals surface area (Å²) in [5, 5.41) is 17.6. The van der Waals surface area contributed by atoms with Gasteiger partial charge in [0.05, 0.1) is 5.92 Å². The monoisotopic (exact) mass is 258 g/mol. The topological polar surface area (TPSA) is 80.4 Å². The van der Waals surface area contributed by atoms with Crippen molar-refractivity contribution in [3.63, 3.8) is 0 Å². The molecule has 0 unspecified atom stereocenters. The van der Waals surface area contributed by atoms with Gasteiger partial charge in [-0.3, -0.25) is 9.20 Å². The Morgan fingerprint density at radius 1 is 1.37 bits per heavy atom. The van der Waals surface area contributed by atoms with Crippen molar-refractivity contribution in [2.75, 3.05) is 0 Å². The van der Waals surface area contributed by atoms with Crippen LogP contribution in [0, 0.1) is 12.8 Å². The van der Waals surface area contributed by atoms with E-state index in [1.54, 1.807) is 10.7 Å². The maximum Gasteiger partial charge on any atom is 0.307 e. The molecule has 2 heterocycles. The molecule has 6 heteroatoms. The molecule has 1 aliphatic rings. The SMILES string of the molecule is Cc1cc2nnc([C@@H]3CC=CC[C@@H]3C(=O)O)n2cn1. The minimum atomic E-state index is -0.786. The Morgan fingerprint density at radius 3 is 2.95 bits per heavy atom. The van der Waals surface area contributed by atoms with Crippen molar-refractivity contribution in [1.29, 1.82) is 0 Å². The lowest BCUT2D eigenvalue weighted by molar-refractivity contribution is -0.142. The Bertz CT molecular complexity index is 662. The number of carbonyl (C=O) groups is 1. The van der Waals surface area contributed by atoms with Gasteiger partial charge >= 0.3 is 5.97 Å². The van der Waals surface area contributed by atoms with Gasteiger partial charge in [-0.05, 0) is 19.8 Å². The van der Waals surface area contributed by atoms with E-state index in [1.165, 1.54) is 0 Å². The molecule has 0 saturated heterocycles. The Hall–Kier alpha value is -2.24. The van der Waals surface area contributed by atoms with Gasteiger partial charge in [-0.15, -0.1) is 10.2 Å². The maximum atomic E-state index is 11.3. The van der Waals surface area contributed by atoms with Crippen molar-refractivity contribution in [2.24, 2.45) is 5.92 Å². The quantitative estimate of drug-likeness (QED) is 0.827. The van der Waals surface area contributed by atoms with E-state index < -0.39 is 11.9 Å². The lowest BCUT2D eigenvalue weighted by Gasteiger charge is -2.23. The van der Waals surface area contributed by atoms with Crippen molar-refractivity contribution in [3.05, 3.63) is 36.1 Å². The second-order valence-corrected chi connectivity index (χ2v) is 4.81. The second kappa shape index (κ2) is 4.46. The molecule has 2 aromatic rings. The van der Waals surface area contributed by atoms with Gasteiger partial charge < -0.3 is 5.11 Å². The zero-order valence-electron chi connectivity index (χ0n) is 10.5. The Labute approximate surface area is 109 Å². The summed E-state index contributed by atoms with van der Waals surface area (Å²) in [4.78, 5) is 15.6. The van der Waals surface area contributed by atoms with E-state index >= 15 is 0 Å². The number of nitrogens with zero attached hydrogens (tertiary/aromatic N) is 4. The minimum absolute atomic E-state index is 0.151. The van der Waals surface area contributed by atoms with E-state index in [9.17, 15) is 9.90 Å². The zero-order valence-corrected chi connectivity index (χ0v) is 10.5. The van der Waals surface area contributed by atoms with Crippen LogP contribution in [0.1, 0.15) is 30.3 Å². The third kappa shape index (κ3) is 1.99. The summed E-state index contributed by atoms with van der Waals surface area (Å²) in [6, 6.07) is 1.84. The van der Waals surface area contributed by atoms with Crippen LogP contribution in [0.3, 0.4) is 0 Å². The number of hydrogen-bond donors (Lipinski definition) is 1. The third-order valence-corrected chi connectivity index (χ3v) is 3.54. The molecule has 19 heavy (non-hydrogen) atoms. The van der Waals surface area contributed by atoms with E-state index in [0.29, 0.717) is 24.3 Å². The molecule has 3 rings (SSSR count). The van der Waals surface area contributed by atoms with Gasteiger partial charge in [0, 0.05) is 17.7 Å². The summed E-state index contributed by atoms with van der Waals surface area (Å²) in [6.45, 7) is 1.89. The highest BCUT2D eigenvalue weighted by Crippen LogP contribution is 2.33. The average Bonchev–Trinajstić information content (AvgIpc) is 2.81. The maximum absolute atomic E-state index is 11.3. The van der Waals surface area contributed by atoms with Crippen LogP contribution >= 0.6 is 0 Å². The number of carboxylic acids is 1. The summed E-state index contributed by atoms with van der Waals surface area (Å²) >= 11 is 0. The molecule has 0 amide bonds. The van der Waals surface area contributed by atoms with Crippen molar-refractivity contribution < 1.29 is 9.90 Å². The van der Waals surface area contributed by atoms with Gasteiger partial charge in [0.2, 0.25) is 0 Å². The van der Waals surface area contributed by atoms with E-state index in [1.807, 2.05) is 25.1 Å². The van der Waals surface area contributed by atoms with Crippen molar-refractivity contribution >= 4 is 11.6 Å². The van der Waals surface area contributed by atoms with Crippen molar-refractivity contribution in [2.45, 2.75) is 25.7 Å². The minimum Gasteiger partial charge on any atom is -0.481 e. The molecule has 98 valence electrons. The molecule has 0 spiro atoms. The summed E-state index contributed by atoms with van der Waals surface area (Å²) in [5.74, 6) is -0.703. The Kier molecular flexibility index (Phi) is 2.77. The van der Waals surface area contributed by atoms with Crippen LogP contribution in [0.2, 0.25) is 0 Å². The summed E-state index contributed by atoms with van der Waals surface area (Å²) in [5.41, 5.74) is 1.57. The van der Waals surface area contributed by atoms with E-state index in [2.05, 4.69) is 15.2 Å². The van der Waals surface area contributed by atoms with Crippen LogP contribution < -0.4 is 0 Å². The molecule has 0 saturated carbocycles. The number of rotatable bonds is 2. The molecule has 2 atom stereocenters. The first-order chi connectivity index (χ1) is 9.16. The smallest absolute Gasteiger partial charge is 0.307 e. The number of allylic oxidation sites excluding steroid dienone is 2. The van der Waals surface area contributed by atoms with Gasteiger partial charge in [0.1, 0.15) is 12.2 Å². The fourth-order valence-corrected chi connectivity index (χ4v) is 2.53. The lowest BCUT2D eigenvalue weighted by atomic mass is 9.82. The molecule has 0 bridgehead atoms. The fourth-order valence-electron chi connectivity index (χ4n) is 2.53. The molecule has 1 N–H and O–H groups in total. The van der Waals surface area contributed by atoms with Gasteiger partial charge in [-0.1, -0.05) is 12.2 Å². The van der Waals surface area contributed by atoms with Crippen molar-refractivity contribution in [3.8, 4) is 0 Å². The standard InChI is InChI=1S/C13H14N4O2/c1-8-6-11-15-16-12(17(11)7-14-8)9-4-2-3-5-10(9)13(18)19/h2-3,6-7,9-10H,4-5H2,1H3,(H,18,19)/t9-,10+/m1/s1. The molecule has 0 fully saturated rings. The van der Waals surface area contributed by atoms with Gasteiger partial charge in [0.25, 0.3) is 0 Å². The van der Waals surface area contributed by atoms with Crippen molar-refractivity contribution in [1.82, 2.24) is 19.6 Å². The molecule has 0 aliphatic heterocycles. The summed E-state index contributed by atoms with van der Waals surface area (Å²) in [6.07, 6.45) is 6.80. The molecular weight excluding hydrogens is 244 g/mol. The first-order valence-corrected chi connectivity index (χ1v) is 6.22. The number of aromatic nitrogens is 4.